The predicted molar refractivity (Wildman–Crippen MR) is 76.0 cm³/mol. The Morgan fingerprint density at radius 1 is 1.29 bits per heavy atom. The maximum atomic E-state index is 13.0. The first-order chi connectivity index (χ1) is 10.3. The normalized spacial score (nSPS) is 21.2. The number of hydrogen-bond donors (Lipinski definition) is 0. The summed E-state index contributed by atoms with van der Waals surface area (Å²) in [6.45, 7) is 1.94. The van der Waals surface area contributed by atoms with Crippen LogP contribution in [-0.2, 0) is 4.74 Å². The van der Waals surface area contributed by atoms with E-state index in [1.54, 1.807) is 29.3 Å². The molecule has 1 amide bonds. The highest BCUT2D eigenvalue weighted by Crippen LogP contribution is 2.38. The highest BCUT2D eigenvalue weighted by molar-refractivity contribution is 6.00. The molecule has 1 saturated carbocycles. The first kappa shape index (κ1) is 12.8. The van der Waals surface area contributed by atoms with E-state index in [-0.39, 0.29) is 11.4 Å². The van der Waals surface area contributed by atoms with E-state index in [4.69, 9.17) is 4.74 Å². The number of carbonyl (C=O) groups is 1. The fourth-order valence-electron chi connectivity index (χ4n) is 3.64. The van der Waals surface area contributed by atoms with Crippen LogP contribution in [0.3, 0.4) is 0 Å². The quantitative estimate of drug-likeness (QED) is 0.797. The lowest BCUT2D eigenvalue weighted by Crippen LogP contribution is -2.57. The molecule has 6 nitrogen and oxygen atoms in total. The van der Waals surface area contributed by atoms with E-state index in [1.165, 1.54) is 12.8 Å². The summed E-state index contributed by atoms with van der Waals surface area (Å²) >= 11 is 0. The van der Waals surface area contributed by atoms with Crippen molar-refractivity contribution in [3.63, 3.8) is 0 Å². The Morgan fingerprint density at radius 3 is 3.00 bits per heavy atom. The van der Waals surface area contributed by atoms with Gasteiger partial charge in [0.2, 0.25) is 0 Å². The smallest absolute Gasteiger partial charge is 0.258 e. The van der Waals surface area contributed by atoms with Gasteiger partial charge in [-0.3, -0.25) is 9.78 Å². The Balaban J connectivity index is 1.73. The van der Waals surface area contributed by atoms with Crippen LogP contribution in [-0.4, -0.2) is 50.7 Å². The molecule has 1 aliphatic carbocycles. The molecular formula is C15H18N4O2. The molecule has 2 aromatic rings. The molecule has 21 heavy (non-hydrogen) atoms. The molecule has 3 heterocycles. The van der Waals surface area contributed by atoms with E-state index < -0.39 is 0 Å². The highest BCUT2D eigenvalue weighted by Gasteiger charge is 2.44. The standard InChI is InChI=1S/C15H18N4O2/c20-14(12-9-17-19-6-5-16-10-13(12)19)18-7-8-21-11-15(18)3-1-2-4-15/h5-6,9-10H,1-4,7-8,11H2. The van der Waals surface area contributed by atoms with Crippen molar-refractivity contribution in [2.75, 3.05) is 19.8 Å². The van der Waals surface area contributed by atoms with Crippen LogP contribution in [0.2, 0.25) is 0 Å². The topological polar surface area (TPSA) is 59.7 Å². The molecule has 0 aromatic carbocycles. The van der Waals surface area contributed by atoms with Crippen molar-refractivity contribution >= 4 is 11.4 Å². The van der Waals surface area contributed by atoms with Gasteiger partial charge in [-0.05, 0) is 12.8 Å². The van der Waals surface area contributed by atoms with Gasteiger partial charge in [0.15, 0.2) is 0 Å². The number of nitrogens with zero attached hydrogens (tertiary/aromatic N) is 4. The molecule has 0 N–H and O–H groups in total. The second kappa shape index (κ2) is 4.80. The molecule has 1 saturated heterocycles. The Bertz CT molecular complexity index is 675. The average Bonchev–Trinajstić information content (AvgIpc) is 3.14. The lowest BCUT2D eigenvalue weighted by molar-refractivity contribution is -0.0501. The summed E-state index contributed by atoms with van der Waals surface area (Å²) in [6, 6.07) is 0. The number of hydrogen-bond acceptors (Lipinski definition) is 4. The molecule has 2 fully saturated rings. The zero-order chi connectivity index (χ0) is 14.3. The van der Waals surface area contributed by atoms with Crippen LogP contribution >= 0.6 is 0 Å². The summed E-state index contributed by atoms with van der Waals surface area (Å²) in [5.74, 6) is 0.0585. The van der Waals surface area contributed by atoms with Crippen molar-refractivity contribution in [2.45, 2.75) is 31.2 Å². The third kappa shape index (κ3) is 1.93. The zero-order valence-electron chi connectivity index (χ0n) is 11.9. The summed E-state index contributed by atoms with van der Waals surface area (Å²) in [7, 11) is 0. The van der Waals surface area contributed by atoms with E-state index >= 15 is 0 Å². The van der Waals surface area contributed by atoms with E-state index in [2.05, 4.69) is 10.1 Å². The van der Waals surface area contributed by atoms with Crippen LogP contribution in [0.25, 0.3) is 5.52 Å². The van der Waals surface area contributed by atoms with Crippen LogP contribution in [0.4, 0.5) is 0 Å². The third-order valence-corrected chi connectivity index (χ3v) is 4.74. The number of amides is 1. The Kier molecular flexibility index (Phi) is 2.92. The van der Waals surface area contributed by atoms with Crippen molar-refractivity contribution in [1.29, 1.82) is 0 Å². The highest BCUT2D eigenvalue weighted by atomic mass is 16.5. The molecule has 4 rings (SSSR count). The fourth-order valence-corrected chi connectivity index (χ4v) is 3.64. The third-order valence-electron chi connectivity index (χ3n) is 4.74. The Morgan fingerprint density at radius 2 is 2.14 bits per heavy atom. The maximum Gasteiger partial charge on any atom is 0.258 e. The van der Waals surface area contributed by atoms with Crippen LogP contribution in [0.5, 0.6) is 0 Å². The van der Waals surface area contributed by atoms with Gasteiger partial charge in [0.05, 0.1) is 42.2 Å². The van der Waals surface area contributed by atoms with Gasteiger partial charge in [0.1, 0.15) is 0 Å². The minimum absolute atomic E-state index is 0.0585. The molecule has 0 bridgehead atoms. The lowest BCUT2D eigenvalue weighted by Gasteiger charge is -2.44. The zero-order valence-corrected chi connectivity index (χ0v) is 11.9. The summed E-state index contributed by atoms with van der Waals surface area (Å²) in [6.07, 6.45) is 11.2. The summed E-state index contributed by atoms with van der Waals surface area (Å²) in [4.78, 5) is 19.2. The van der Waals surface area contributed by atoms with Crippen molar-refractivity contribution < 1.29 is 9.53 Å². The SMILES string of the molecule is O=C(c1cnn2ccncc12)N1CCOCC12CCCC2. The molecule has 1 aliphatic heterocycles. The number of ether oxygens (including phenoxy) is 1. The average molecular weight is 286 g/mol. The molecule has 6 heteroatoms. The van der Waals surface area contributed by atoms with E-state index in [9.17, 15) is 4.79 Å². The van der Waals surface area contributed by atoms with E-state index in [0.29, 0.717) is 25.3 Å². The second-order valence-electron chi connectivity index (χ2n) is 5.91. The fraction of sp³-hybridized carbons (Fsp3) is 0.533. The second-order valence-corrected chi connectivity index (χ2v) is 5.91. The molecule has 2 aromatic heterocycles. The lowest BCUT2D eigenvalue weighted by atomic mass is 9.94. The van der Waals surface area contributed by atoms with Crippen LogP contribution < -0.4 is 0 Å². The first-order valence-corrected chi connectivity index (χ1v) is 7.47. The molecule has 110 valence electrons. The number of carbonyl (C=O) groups excluding carboxylic acids is 1. The Labute approximate surface area is 122 Å². The van der Waals surface area contributed by atoms with Gasteiger partial charge in [-0.15, -0.1) is 0 Å². The monoisotopic (exact) mass is 286 g/mol. The van der Waals surface area contributed by atoms with Gasteiger partial charge in [0.25, 0.3) is 5.91 Å². The molecule has 0 unspecified atom stereocenters. The Hall–Kier alpha value is -1.95. The number of fused-ring (bicyclic) bond motifs is 1. The van der Waals surface area contributed by atoms with Gasteiger partial charge in [-0.25, -0.2) is 4.52 Å². The molecule has 0 atom stereocenters. The van der Waals surface area contributed by atoms with Gasteiger partial charge in [-0.2, -0.15) is 5.10 Å². The van der Waals surface area contributed by atoms with Crippen LogP contribution in [0.1, 0.15) is 36.0 Å². The van der Waals surface area contributed by atoms with Crippen molar-refractivity contribution in [3.8, 4) is 0 Å². The van der Waals surface area contributed by atoms with E-state index in [0.717, 1.165) is 18.4 Å². The van der Waals surface area contributed by atoms with Gasteiger partial charge < -0.3 is 9.64 Å². The molecule has 2 aliphatic rings. The first-order valence-electron chi connectivity index (χ1n) is 7.47. The predicted octanol–water partition coefficient (Wildman–Crippen LogP) is 1.51. The molecule has 0 radical (unpaired) electrons. The minimum atomic E-state index is -0.105. The van der Waals surface area contributed by atoms with Crippen LogP contribution in [0, 0.1) is 0 Å². The maximum absolute atomic E-state index is 13.0. The number of aromatic nitrogens is 3. The van der Waals surface area contributed by atoms with Gasteiger partial charge in [0, 0.05) is 18.9 Å². The van der Waals surface area contributed by atoms with Gasteiger partial charge >= 0.3 is 0 Å². The van der Waals surface area contributed by atoms with Crippen molar-refractivity contribution in [2.24, 2.45) is 0 Å². The largest absolute Gasteiger partial charge is 0.377 e. The van der Waals surface area contributed by atoms with E-state index in [1.807, 2.05) is 4.90 Å². The summed E-state index contributed by atoms with van der Waals surface area (Å²) in [5, 5.41) is 4.25. The van der Waals surface area contributed by atoms with Crippen LogP contribution in [0.15, 0.2) is 24.8 Å². The number of rotatable bonds is 1. The molecular weight excluding hydrogens is 268 g/mol. The summed E-state index contributed by atoms with van der Waals surface area (Å²) < 4.78 is 7.36. The van der Waals surface area contributed by atoms with Crippen molar-refractivity contribution in [3.05, 3.63) is 30.4 Å². The van der Waals surface area contributed by atoms with Crippen molar-refractivity contribution in [1.82, 2.24) is 19.5 Å². The van der Waals surface area contributed by atoms with Gasteiger partial charge in [-0.1, -0.05) is 12.8 Å². The number of morpholine rings is 1. The minimum Gasteiger partial charge on any atom is -0.377 e. The summed E-state index contributed by atoms with van der Waals surface area (Å²) in [5.41, 5.74) is 1.30. The molecule has 1 spiro atoms.